The SMILES string of the molecule is CCOC(=O)C(C)(C)Oc1cc(C2CCCNC2)ccc1C.O=C(O)[C@H](O)[C@@H](O)C(=O)O. The molecule has 10 heteroatoms. The molecule has 0 aliphatic carbocycles. The van der Waals surface area contributed by atoms with Crippen LogP contribution >= 0.6 is 0 Å². The zero-order valence-corrected chi connectivity index (χ0v) is 18.8. The molecule has 180 valence electrons. The smallest absolute Gasteiger partial charge is 0.349 e. The molecule has 3 atom stereocenters. The average molecular weight is 456 g/mol. The normalized spacial score (nSPS) is 17.9. The Kier molecular flexibility index (Phi) is 10.6. The molecule has 0 amide bonds. The van der Waals surface area contributed by atoms with E-state index in [1.807, 2.05) is 6.92 Å². The lowest BCUT2D eigenvalue weighted by molar-refractivity contribution is -0.165. The van der Waals surface area contributed by atoms with E-state index in [0.29, 0.717) is 12.5 Å². The maximum atomic E-state index is 12.0. The molecule has 0 spiro atoms. The Bertz CT molecular complexity index is 770. The van der Waals surface area contributed by atoms with Gasteiger partial charge < -0.3 is 35.2 Å². The Balaban J connectivity index is 0.000000433. The third kappa shape index (κ3) is 8.10. The van der Waals surface area contributed by atoms with E-state index in [4.69, 9.17) is 29.9 Å². The van der Waals surface area contributed by atoms with Gasteiger partial charge in [-0.1, -0.05) is 12.1 Å². The molecule has 0 radical (unpaired) electrons. The number of benzene rings is 1. The van der Waals surface area contributed by atoms with E-state index in [9.17, 15) is 14.4 Å². The van der Waals surface area contributed by atoms with Gasteiger partial charge in [0.25, 0.3) is 0 Å². The van der Waals surface area contributed by atoms with Crippen LogP contribution in [0, 0.1) is 6.92 Å². The van der Waals surface area contributed by atoms with Gasteiger partial charge in [-0.05, 0) is 70.2 Å². The van der Waals surface area contributed by atoms with Gasteiger partial charge in [-0.2, -0.15) is 0 Å². The number of hydrogen-bond acceptors (Lipinski definition) is 8. The molecule has 1 aromatic carbocycles. The zero-order valence-electron chi connectivity index (χ0n) is 18.8. The lowest BCUT2D eigenvalue weighted by Gasteiger charge is -2.27. The summed E-state index contributed by atoms with van der Waals surface area (Å²) in [4.78, 5) is 31.6. The number of nitrogens with one attached hydrogen (secondary N) is 1. The van der Waals surface area contributed by atoms with Crippen LogP contribution in [-0.4, -0.2) is 75.8 Å². The highest BCUT2D eigenvalue weighted by atomic mass is 16.6. The number of carboxylic acid groups (broad SMARTS) is 2. The third-order valence-electron chi connectivity index (χ3n) is 4.92. The summed E-state index contributed by atoms with van der Waals surface area (Å²) < 4.78 is 11.1. The monoisotopic (exact) mass is 455 g/mol. The number of carboxylic acids is 2. The minimum absolute atomic E-state index is 0.334. The van der Waals surface area contributed by atoms with Gasteiger partial charge in [0.15, 0.2) is 17.8 Å². The molecule has 5 N–H and O–H groups in total. The Morgan fingerprint density at radius 2 is 1.75 bits per heavy atom. The molecule has 1 aliphatic heterocycles. The summed E-state index contributed by atoms with van der Waals surface area (Å²) in [5, 5.41) is 36.0. The van der Waals surface area contributed by atoms with E-state index in [2.05, 4.69) is 23.5 Å². The van der Waals surface area contributed by atoms with Gasteiger partial charge in [-0.25, -0.2) is 14.4 Å². The molecule has 2 rings (SSSR count). The first-order valence-corrected chi connectivity index (χ1v) is 10.4. The number of ether oxygens (including phenoxy) is 2. The number of carbonyl (C=O) groups is 3. The molecule has 0 bridgehead atoms. The van der Waals surface area contributed by atoms with E-state index in [-0.39, 0.29) is 5.97 Å². The molecule has 1 fully saturated rings. The van der Waals surface area contributed by atoms with Gasteiger partial charge in [0.05, 0.1) is 6.61 Å². The van der Waals surface area contributed by atoms with Crippen molar-refractivity contribution in [2.75, 3.05) is 19.7 Å². The van der Waals surface area contributed by atoms with E-state index in [1.165, 1.54) is 18.4 Å². The first kappa shape index (κ1) is 27.3. The molecule has 1 aromatic rings. The van der Waals surface area contributed by atoms with Crippen molar-refractivity contribution in [3.63, 3.8) is 0 Å². The number of piperidine rings is 1. The van der Waals surface area contributed by atoms with Gasteiger partial charge in [0.1, 0.15) is 5.75 Å². The average Bonchev–Trinajstić information content (AvgIpc) is 2.75. The van der Waals surface area contributed by atoms with Crippen LogP contribution in [0.15, 0.2) is 18.2 Å². The molecule has 1 heterocycles. The fraction of sp³-hybridized carbons (Fsp3) is 0.591. The molecule has 32 heavy (non-hydrogen) atoms. The van der Waals surface area contributed by atoms with Crippen LogP contribution in [0.4, 0.5) is 0 Å². The molecule has 0 aromatic heterocycles. The fourth-order valence-corrected chi connectivity index (χ4v) is 3.01. The van der Waals surface area contributed by atoms with Crippen molar-refractivity contribution >= 4 is 17.9 Å². The molecule has 0 saturated carbocycles. The predicted octanol–water partition coefficient (Wildman–Crippen LogP) is 1.06. The second kappa shape index (κ2) is 12.4. The quantitative estimate of drug-likeness (QED) is 0.358. The molecular weight excluding hydrogens is 422 g/mol. The van der Waals surface area contributed by atoms with Gasteiger partial charge in [0.2, 0.25) is 0 Å². The van der Waals surface area contributed by atoms with Crippen molar-refractivity contribution in [3.8, 4) is 5.75 Å². The van der Waals surface area contributed by atoms with Crippen molar-refractivity contribution in [2.24, 2.45) is 0 Å². The van der Waals surface area contributed by atoms with Crippen LogP contribution in [-0.2, 0) is 19.1 Å². The number of rotatable bonds is 8. The highest BCUT2D eigenvalue weighted by molar-refractivity contribution is 5.83. The maximum absolute atomic E-state index is 12.0. The van der Waals surface area contributed by atoms with Crippen molar-refractivity contribution in [1.29, 1.82) is 0 Å². The van der Waals surface area contributed by atoms with Crippen LogP contribution in [0.5, 0.6) is 5.75 Å². The molecule has 1 unspecified atom stereocenters. The Morgan fingerprint density at radius 1 is 1.16 bits per heavy atom. The summed E-state index contributed by atoms with van der Waals surface area (Å²) in [5.74, 6) is -2.59. The summed E-state index contributed by atoms with van der Waals surface area (Å²) in [6.07, 6.45) is -2.14. The van der Waals surface area contributed by atoms with Crippen molar-refractivity contribution in [3.05, 3.63) is 29.3 Å². The largest absolute Gasteiger partial charge is 0.479 e. The number of aliphatic carboxylic acids is 2. The summed E-state index contributed by atoms with van der Waals surface area (Å²) >= 11 is 0. The van der Waals surface area contributed by atoms with Crippen LogP contribution in [0.25, 0.3) is 0 Å². The summed E-state index contributed by atoms with van der Waals surface area (Å²) in [5.41, 5.74) is 1.32. The van der Waals surface area contributed by atoms with Crippen LogP contribution < -0.4 is 10.1 Å². The Hall–Kier alpha value is -2.69. The van der Waals surface area contributed by atoms with Crippen molar-refractivity contribution in [1.82, 2.24) is 5.32 Å². The van der Waals surface area contributed by atoms with Gasteiger partial charge in [-0.3, -0.25) is 0 Å². The predicted molar refractivity (Wildman–Crippen MR) is 115 cm³/mol. The second-order valence-corrected chi connectivity index (χ2v) is 7.97. The Labute approximate surface area is 187 Å². The number of carbonyl (C=O) groups excluding carboxylic acids is 1. The summed E-state index contributed by atoms with van der Waals surface area (Å²) in [6, 6.07) is 6.31. The molecule has 1 saturated heterocycles. The first-order chi connectivity index (χ1) is 14.9. The minimum Gasteiger partial charge on any atom is -0.479 e. The number of aliphatic hydroxyl groups is 2. The van der Waals surface area contributed by atoms with Crippen LogP contribution in [0.3, 0.4) is 0 Å². The topological polar surface area (TPSA) is 163 Å². The lowest BCUT2D eigenvalue weighted by Crippen LogP contribution is -2.40. The Morgan fingerprint density at radius 3 is 2.22 bits per heavy atom. The fourth-order valence-electron chi connectivity index (χ4n) is 3.01. The zero-order chi connectivity index (χ0) is 24.5. The van der Waals surface area contributed by atoms with Gasteiger partial charge in [-0.15, -0.1) is 0 Å². The van der Waals surface area contributed by atoms with Crippen molar-refractivity contribution < 1.29 is 44.3 Å². The number of aliphatic hydroxyl groups excluding tert-OH is 2. The van der Waals surface area contributed by atoms with Gasteiger partial charge in [0, 0.05) is 6.54 Å². The highest BCUT2D eigenvalue weighted by Crippen LogP contribution is 2.30. The highest BCUT2D eigenvalue weighted by Gasteiger charge is 2.32. The van der Waals surface area contributed by atoms with Crippen LogP contribution in [0.1, 0.15) is 50.7 Å². The molecular formula is C22H33NO9. The van der Waals surface area contributed by atoms with Gasteiger partial charge >= 0.3 is 17.9 Å². The van der Waals surface area contributed by atoms with E-state index < -0.39 is 29.7 Å². The third-order valence-corrected chi connectivity index (χ3v) is 4.92. The molecule has 10 nitrogen and oxygen atoms in total. The summed E-state index contributed by atoms with van der Waals surface area (Å²) in [6.45, 7) is 9.76. The number of esters is 1. The van der Waals surface area contributed by atoms with E-state index in [0.717, 1.165) is 24.4 Å². The lowest BCUT2D eigenvalue weighted by atomic mass is 9.91. The maximum Gasteiger partial charge on any atom is 0.349 e. The molecule has 1 aliphatic rings. The second-order valence-electron chi connectivity index (χ2n) is 7.97. The van der Waals surface area contributed by atoms with E-state index in [1.54, 1.807) is 20.8 Å². The number of aryl methyl sites for hydroxylation is 1. The van der Waals surface area contributed by atoms with Crippen LogP contribution in [0.2, 0.25) is 0 Å². The number of hydrogen-bond donors (Lipinski definition) is 5. The minimum atomic E-state index is -2.27. The standard InChI is InChI=1S/C18H27NO3.C4H6O6/c1-5-21-17(20)18(3,4)22-16-11-14(9-8-13(16)2)15-7-6-10-19-12-15;5-1(3(7)8)2(6)4(9)10/h8-9,11,15,19H,5-7,10,12H2,1-4H3;1-2,5-6H,(H,7,8)(H,9,10)/t;1-,2-/m.1/s1. The van der Waals surface area contributed by atoms with E-state index >= 15 is 0 Å². The van der Waals surface area contributed by atoms with Crippen molar-refractivity contribution in [2.45, 2.75) is 64.3 Å². The first-order valence-electron chi connectivity index (χ1n) is 10.4. The summed E-state index contributed by atoms with van der Waals surface area (Å²) in [7, 11) is 0.